The SMILES string of the molecule is CC(OCCOCCOCCO)OC(=O)OCCOCCOCCOCCO. The van der Waals surface area contributed by atoms with E-state index in [0.29, 0.717) is 52.9 Å². The fourth-order valence-corrected chi connectivity index (χ4v) is 1.65. The van der Waals surface area contributed by atoms with Crippen LogP contribution in [0.4, 0.5) is 4.79 Å². The van der Waals surface area contributed by atoms with Gasteiger partial charge in [0.05, 0.1) is 85.9 Å². The predicted molar refractivity (Wildman–Crippen MR) is 96.1 cm³/mol. The first-order valence-electron chi connectivity index (χ1n) is 9.26. The minimum atomic E-state index is -0.841. The van der Waals surface area contributed by atoms with Crippen molar-refractivity contribution in [2.75, 3.05) is 92.5 Å². The minimum absolute atomic E-state index is 0.00651. The maximum Gasteiger partial charge on any atom is 0.510 e. The molecule has 1 unspecified atom stereocenters. The summed E-state index contributed by atoms with van der Waals surface area (Å²) in [5, 5.41) is 17.0. The van der Waals surface area contributed by atoms with E-state index >= 15 is 0 Å². The highest BCUT2D eigenvalue weighted by molar-refractivity contribution is 5.59. The van der Waals surface area contributed by atoms with Crippen LogP contribution in [-0.4, -0.2) is 115 Å². The van der Waals surface area contributed by atoms with Crippen molar-refractivity contribution >= 4 is 6.16 Å². The molecule has 0 aliphatic heterocycles. The van der Waals surface area contributed by atoms with Crippen LogP contribution >= 0.6 is 0 Å². The summed E-state index contributed by atoms with van der Waals surface area (Å²) in [6.45, 7) is 5.38. The van der Waals surface area contributed by atoms with Crippen molar-refractivity contribution in [1.29, 1.82) is 0 Å². The molecule has 0 aromatic heterocycles. The lowest BCUT2D eigenvalue weighted by atomic mass is 10.7. The number of aliphatic hydroxyl groups excluding tert-OH is 2. The molecule has 11 heteroatoms. The Labute approximate surface area is 165 Å². The van der Waals surface area contributed by atoms with Crippen molar-refractivity contribution in [2.24, 2.45) is 0 Å². The van der Waals surface area contributed by atoms with Crippen LogP contribution in [0.25, 0.3) is 0 Å². The van der Waals surface area contributed by atoms with Gasteiger partial charge in [-0.15, -0.1) is 0 Å². The summed E-state index contributed by atoms with van der Waals surface area (Å²) >= 11 is 0. The van der Waals surface area contributed by atoms with Gasteiger partial charge in [0.25, 0.3) is 0 Å². The van der Waals surface area contributed by atoms with Gasteiger partial charge in [0.1, 0.15) is 6.61 Å². The molecule has 0 bridgehead atoms. The summed E-state index contributed by atoms with van der Waals surface area (Å²) in [5.41, 5.74) is 0. The average molecular weight is 414 g/mol. The minimum Gasteiger partial charge on any atom is -0.432 e. The summed E-state index contributed by atoms with van der Waals surface area (Å²) in [6.07, 6.45) is -1.60. The maximum atomic E-state index is 11.4. The van der Waals surface area contributed by atoms with E-state index in [1.165, 1.54) is 0 Å². The molecular formula is C17H34O11. The first kappa shape index (κ1) is 27.0. The molecule has 0 aliphatic carbocycles. The van der Waals surface area contributed by atoms with Gasteiger partial charge in [0, 0.05) is 0 Å². The Balaban J connectivity index is 3.30. The fraction of sp³-hybridized carbons (Fsp3) is 0.941. The van der Waals surface area contributed by atoms with Gasteiger partial charge in [-0.1, -0.05) is 0 Å². The zero-order chi connectivity index (χ0) is 20.7. The second-order valence-electron chi connectivity index (χ2n) is 5.16. The van der Waals surface area contributed by atoms with E-state index in [-0.39, 0.29) is 39.6 Å². The first-order chi connectivity index (χ1) is 13.7. The lowest BCUT2D eigenvalue weighted by Gasteiger charge is -2.14. The van der Waals surface area contributed by atoms with Gasteiger partial charge in [-0.05, 0) is 6.92 Å². The average Bonchev–Trinajstić information content (AvgIpc) is 2.68. The van der Waals surface area contributed by atoms with Crippen LogP contribution in [0.2, 0.25) is 0 Å². The standard InChI is InChI=1S/C17H34O11/c1-16(26-14-12-24-9-7-22-5-3-19)28-17(20)27-15-13-25-11-10-23-8-6-21-4-2-18/h16,18-19H,2-15H2,1H3. The van der Waals surface area contributed by atoms with Crippen LogP contribution in [0.5, 0.6) is 0 Å². The zero-order valence-electron chi connectivity index (χ0n) is 16.5. The van der Waals surface area contributed by atoms with Crippen molar-refractivity contribution < 1.29 is 52.9 Å². The first-order valence-corrected chi connectivity index (χ1v) is 9.26. The molecule has 0 heterocycles. The van der Waals surface area contributed by atoms with Crippen LogP contribution in [0.1, 0.15) is 6.92 Å². The molecule has 2 N–H and O–H groups in total. The number of hydrogen-bond donors (Lipinski definition) is 2. The molecule has 0 aromatic carbocycles. The molecule has 0 saturated carbocycles. The highest BCUT2D eigenvalue weighted by Gasteiger charge is 2.10. The Bertz CT molecular complexity index is 330. The van der Waals surface area contributed by atoms with Gasteiger partial charge in [-0.3, -0.25) is 0 Å². The number of hydrogen-bond acceptors (Lipinski definition) is 11. The number of ether oxygens (including phenoxy) is 8. The number of rotatable bonds is 21. The van der Waals surface area contributed by atoms with E-state index < -0.39 is 12.4 Å². The van der Waals surface area contributed by atoms with Crippen LogP contribution < -0.4 is 0 Å². The second-order valence-corrected chi connectivity index (χ2v) is 5.16. The lowest BCUT2D eigenvalue weighted by molar-refractivity contribution is -0.123. The fourth-order valence-electron chi connectivity index (χ4n) is 1.65. The van der Waals surface area contributed by atoms with Crippen molar-refractivity contribution in [3.05, 3.63) is 0 Å². The monoisotopic (exact) mass is 414 g/mol. The Kier molecular flexibility index (Phi) is 21.4. The molecule has 0 saturated heterocycles. The largest absolute Gasteiger partial charge is 0.510 e. The molecule has 0 rings (SSSR count). The van der Waals surface area contributed by atoms with E-state index in [0.717, 1.165) is 0 Å². The number of carbonyl (C=O) groups is 1. The Morgan fingerprint density at radius 2 is 1.04 bits per heavy atom. The quantitative estimate of drug-likeness (QED) is 0.144. The molecular weight excluding hydrogens is 380 g/mol. The smallest absolute Gasteiger partial charge is 0.432 e. The van der Waals surface area contributed by atoms with Crippen LogP contribution in [-0.2, 0) is 37.9 Å². The Morgan fingerprint density at radius 1 is 0.643 bits per heavy atom. The summed E-state index contributed by atoms with van der Waals surface area (Å²) in [7, 11) is 0. The van der Waals surface area contributed by atoms with E-state index in [1.54, 1.807) is 6.92 Å². The molecule has 0 amide bonds. The highest BCUT2D eigenvalue weighted by Crippen LogP contribution is 1.97. The van der Waals surface area contributed by atoms with Crippen molar-refractivity contribution in [1.82, 2.24) is 0 Å². The molecule has 1 atom stereocenters. The van der Waals surface area contributed by atoms with E-state index in [4.69, 9.17) is 48.1 Å². The number of aliphatic hydroxyl groups is 2. The predicted octanol–water partition coefficient (Wildman–Crippen LogP) is -0.430. The number of carbonyl (C=O) groups excluding carboxylic acids is 1. The molecule has 0 fully saturated rings. The summed E-state index contributed by atoms with van der Waals surface area (Å²) in [4.78, 5) is 11.4. The molecule has 28 heavy (non-hydrogen) atoms. The van der Waals surface area contributed by atoms with Crippen molar-refractivity contribution in [2.45, 2.75) is 13.2 Å². The van der Waals surface area contributed by atoms with Gasteiger partial charge in [0.2, 0.25) is 6.29 Å². The summed E-state index contributed by atoms with van der Waals surface area (Å²) < 4.78 is 40.7. The van der Waals surface area contributed by atoms with Crippen molar-refractivity contribution in [3.8, 4) is 0 Å². The van der Waals surface area contributed by atoms with Gasteiger partial charge >= 0.3 is 6.16 Å². The summed E-state index contributed by atoms with van der Waals surface area (Å²) in [5.74, 6) is 0. The molecule has 11 nitrogen and oxygen atoms in total. The Hall–Kier alpha value is -1.05. The molecule has 0 spiro atoms. The molecule has 0 aromatic rings. The van der Waals surface area contributed by atoms with E-state index in [2.05, 4.69) is 0 Å². The molecule has 168 valence electrons. The lowest BCUT2D eigenvalue weighted by Crippen LogP contribution is -2.22. The third-order valence-corrected chi connectivity index (χ3v) is 2.88. The third kappa shape index (κ3) is 21.3. The second kappa shape index (κ2) is 22.2. The van der Waals surface area contributed by atoms with Crippen LogP contribution in [0, 0.1) is 0 Å². The normalized spacial score (nSPS) is 12.1. The van der Waals surface area contributed by atoms with Crippen molar-refractivity contribution in [3.63, 3.8) is 0 Å². The zero-order valence-corrected chi connectivity index (χ0v) is 16.5. The third-order valence-electron chi connectivity index (χ3n) is 2.88. The molecule has 0 radical (unpaired) electrons. The Morgan fingerprint density at radius 3 is 1.50 bits per heavy atom. The van der Waals surface area contributed by atoms with Gasteiger partial charge in [-0.25, -0.2) is 4.79 Å². The van der Waals surface area contributed by atoms with Crippen LogP contribution in [0.15, 0.2) is 0 Å². The highest BCUT2D eigenvalue weighted by atomic mass is 16.8. The van der Waals surface area contributed by atoms with E-state index in [9.17, 15) is 4.79 Å². The van der Waals surface area contributed by atoms with Gasteiger partial charge in [-0.2, -0.15) is 0 Å². The van der Waals surface area contributed by atoms with Gasteiger partial charge in [0.15, 0.2) is 0 Å². The topological polar surface area (TPSA) is 131 Å². The van der Waals surface area contributed by atoms with E-state index in [1.807, 2.05) is 0 Å². The molecule has 0 aliphatic rings. The summed E-state index contributed by atoms with van der Waals surface area (Å²) in [6, 6.07) is 0. The van der Waals surface area contributed by atoms with Gasteiger partial charge < -0.3 is 48.1 Å². The maximum absolute atomic E-state index is 11.4. The van der Waals surface area contributed by atoms with Crippen LogP contribution in [0.3, 0.4) is 0 Å².